The van der Waals surface area contributed by atoms with Crippen LogP contribution in [0.5, 0.6) is 0 Å². The van der Waals surface area contributed by atoms with Gasteiger partial charge in [-0.05, 0) is 6.42 Å². The summed E-state index contributed by atoms with van der Waals surface area (Å²) in [6, 6.07) is 0. The number of nitrogens with zero attached hydrogens (tertiary/aromatic N) is 1. The van der Waals surface area contributed by atoms with Crippen molar-refractivity contribution < 1.29 is 4.74 Å². The van der Waals surface area contributed by atoms with Crippen LogP contribution >= 0.6 is 11.3 Å². The first-order valence-corrected chi connectivity index (χ1v) is 5.91. The molecule has 0 aliphatic carbocycles. The monoisotopic (exact) mass is 212 g/mol. The number of aryl methyl sites for hydroxylation is 1. The van der Waals surface area contributed by atoms with Gasteiger partial charge in [-0.2, -0.15) is 0 Å². The number of rotatable bonds is 4. The molecule has 0 radical (unpaired) electrons. The highest BCUT2D eigenvalue weighted by atomic mass is 32.1. The summed E-state index contributed by atoms with van der Waals surface area (Å²) in [5, 5.41) is 3.31. The van der Waals surface area contributed by atoms with E-state index in [1.54, 1.807) is 11.3 Å². The molecule has 1 aliphatic rings. The Morgan fingerprint density at radius 2 is 2.43 bits per heavy atom. The molecule has 1 aliphatic heterocycles. The molecule has 2 heterocycles. The molecule has 2 rings (SSSR count). The van der Waals surface area contributed by atoms with E-state index in [0.717, 1.165) is 31.1 Å². The number of hydrogen-bond donors (Lipinski definition) is 1. The molecule has 0 aromatic carbocycles. The Morgan fingerprint density at radius 3 is 2.93 bits per heavy atom. The van der Waals surface area contributed by atoms with Gasteiger partial charge in [-0.15, -0.1) is 11.3 Å². The van der Waals surface area contributed by atoms with Crippen LogP contribution < -0.4 is 5.73 Å². The van der Waals surface area contributed by atoms with E-state index in [9.17, 15) is 0 Å². The van der Waals surface area contributed by atoms with Crippen LogP contribution in [0.4, 0.5) is 0 Å². The average Bonchev–Trinajstić information content (AvgIpc) is 2.54. The summed E-state index contributed by atoms with van der Waals surface area (Å²) < 4.78 is 5.24. The molecule has 4 heteroatoms. The average molecular weight is 212 g/mol. The molecule has 0 atom stereocenters. The van der Waals surface area contributed by atoms with Crippen molar-refractivity contribution in [1.29, 1.82) is 0 Å². The first-order chi connectivity index (χ1) is 6.80. The number of aromatic nitrogens is 1. The fraction of sp³-hybridized carbons (Fsp3) is 0.700. The van der Waals surface area contributed by atoms with Crippen molar-refractivity contribution in [3.8, 4) is 0 Å². The maximum Gasteiger partial charge on any atom is 0.105 e. The highest BCUT2D eigenvalue weighted by Gasteiger charge is 2.41. The highest BCUT2D eigenvalue weighted by Crippen LogP contribution is 2.33. The highest BCUT2D eigenvalue weighted by molar-refractivity contribution is 7.09. The molecular weight excluding hydrogens is 196 g/mol. The van der Waals surface area contributed by atoms with Crippen LogP contribution in [-0.4, -0.2) is 24.7 Å². The summed E-state index contributed by atoms with van der Waals surface area (Å²) >= 11 is 1.73. The zero-order valence-electron chi connectivity index (χ0n) is 8.45. The van der Waals surface area contributed by atoms with E-state index in [4.69, 9.17) is 10.5 Å². The van der Waals surface area contributed by atoms with Crippen molar-refractivity contribution >= 4 is 11.3 Å². The lowest BCUT2D eigenvalue weighted by atomic mass is 9.87. The second kappa shape index (κ2) is 3.96. The van der Waals surface area contributed by atoms with Crippen molar-refractivity contribution in [1.82, 2.24) is 4.98 Å². The number of nitrogens with two attached hydrogens (primary N) is 1. The van der Waals surface area contributed by atoms with E-state index >= 15 is 0 Å². The maximum atomic E-state index is 5.77. The number of ether oxygens (including phenoxy) is 1. The fourth-order valence-electron chi connectivity index (χ4n) is 1.60. The third-order valence-corrected chi connectivity index (χ3v) is 3.80. The summed E-state index contributed by atoms with van der Waals surface area (Å²) in [5.74, 6) is 0. The van der Waals surface area contributed by atoms with Gasteiger partial charge in [0.1, 0.15) is 5.01 Å². The Hall–Kier alpha value is -0.450. The van der Waals surface area contributed by atoms with Crippen LogP contribution in [0, 0.1) is 0 Å². The van der Waals surface area contributed by atoms with Crippen LogP contribution in [0.25, 0.3) is 0 Å². The molecule has 1 fully saturated rings. The molecular formula is C10H16N2OS. The molecule has 3 nitrogen and oxygen atoms in total. The number of thiazole rings is 1. The summed E-state index contributed by atoms with van der Waals surface area (Å²) in [6.45, 7) is 4.29. The van der Waals surface area contributed by atoms with Gasteiger partial charge in [0.05, 0.1) is 24.3 Å². The van der Waals surface area contributed by atoms with Crippen molar-refractivity contribution in [3.05, 3.63) is 16.1 Å². The van der Waals surface area contributed by atoms with E-state index in [0.29, 0.717) is 6.54 Å². The van der Waals surface area contributed by atoms with E-state index in [2.05, 4.69) is 17.3 Å². The van der Waals surface area contributed by atoms with E-state index < -0.39 is 0 Å². The Kier molecular flexibility index (Phi) is 2.85. The Morgan fingerprint density at radius 1 is 1.64 bits per heavy atom. The number of hydrogen-bond acceptors (Lipinski definition) is 4. The molecule has 1 aromatic heterocycles. The molecule has 14 heavy (non-hydrogen) atoms. The predicted molar refractivity (Wildman–Crippen MR) is 57.7 cm³/mol. The molecule has 0 spiro atoms. The molecule has 0 amide bonds. The summed E-state index contributed by atoms with van der Waals surface area (Å²) in [7, 11) is 0. The third-order valence-electron chi connectivity index (χ3n) is 2.66. The lowest BCUT2D eigenvalue weighted by molar-refractivity contribution is -0.0551. The van der Waals surface area contributed by atoms with Gasteiger partial charge in [-0.1, -0.05) is 13.3 Å². The normalized spacial score (nSPS) is 19.3. The zero-order valence-corrected chi connectivity index (χ0v) is 9.27. The topological polar surface area (TPSA) is 48.1 Å². The van der Waals surface area contributed by atoms with Gasteiger partial charge < -0.3 is 10.5 Å². The minimum Gasteiger partial charge on any atom is -0.379 e. The van der Waals surface area contributed by atoms with E-state index in [1.165, 1.54) is 5.69 Å². The predicted octanol–water partition coefficient (Wildman–Crippen LogP) is 1.32. The molecule has 78 valence electrons. The molecule has 1 aromatic rings. The second-order valence-corrected chi connectivity index (χ2v) is 4.73. The van der Waals surface area contributed by atoms with Crippen LogP contribution in [0.1, 0.15) is 24.0 Å². The van der Waals surface area contributed by atoms with Gasteiger partial charge in [0.2, 0.25) is 0 Å². The Bertz CT molecular complexity index is 301. The first kappa shape index (κ1) is 10.1. The quantitative estimate of drug-likeness (QED) is 0.819. The third kappa shape index (κ3) is 1.58. The van der Waals surface area contributed by atoms with Gasteiger partial charge in [0.15, 0.2) is 0 Å². The van der Waals surface area contributed by atoms with Gasteiger partial charge in [0, 0.05) is 11.9 Å². The van der Waals surface area contributed by atoms with Gasteiger partial charge in [0.25, 0.3) is 0 Å². The standard InChI is InChI=1S/C10H16N2OS/c1-2-3-8-4-14-9(12-8)10(5-11)6-13-7-10/h4H,2-3,5-7,11H2,1H3. The van der Waals surface area contributed by atoms with Gasteiger partial charge in [-0.25, -0.2) is 4.98 Å². The van der Waals surface area contributed by atoms with Crippen molar-refractivity contribution in [2.24, 2.45) is 5.73 Å². The fourth-order valence-corrected chi connectivity index (χ4v) is 2.64. The van der Waals surface area contributed by atoms with Crippen molar-refractivity contribution in [2.45, 2.75) is 25.2 Å². The van der Waals surface area contributed by atoms with Crippen molar-refractivity contribution in [2.75, 3.05) is 19.8 Å². The largest absolute Gasteiger partial charge is 0.379 e. The summed E-state index contributed by atoms with van der Waals surface area (Å²) in [6.07, 6.45) is 2.22. The molecule has 0 unspecified atom stereocenters. The van der Waals surface area contributed by atoms with Gasteiger partial charge in [-0.3, -0.25) is 0 Å². The van der Waals surface area contributed by atoms with E-state index in [-0.39, 0.29) is 5.41 Å². The molecule has 0 saturated carbocycles. The van der Waals surface area contributed by atoms with Crippen LogP contribution in [-0.2, 0) is 16.6 Å². The molecule has 0 bridgehead atoms. The second-order valence-electron chi connectivity index (χ2n) is 3.87. The lowest BCUT2D eigenvalue weighted by Gasteiger charge is -2.38. The Balaban J connectivity index is 2.15. The first-order valence-electron chi connectivity index (χ1n) is 5.03. The molecule has 2 N–H and O–H groups in total. The van der Waals surface area contributed by atoms with E-state index in [1.807, 2.05) is 0 Å². The summed E-state index contributed by atoms with van der Waals surface area (Å²) in [5.41, 5.74) is 7.01. The van der Waals surface area contributed by atoms with Crippen molar-refractivity contribution in [3.63, 3.8) is 0 Å². The minimum atomic E-state index is 0.0384. The SMILES string of the molecule is CCCc1csc(C2(CN)COC2)n1. The minimum absolute atomic E-state index is 0.0384. The Labute approximate surface area is 88.3 Å². The van der Waals surface area contributed by atoms with Crippen LogP contribution in [0.2, 0.25) is 0 Å². The van der Waals surface area contributed by atoms with Crippen LogP contribution in [0.3, 0.4) is 0 Å². The molecule has 1 saturated heterocycles. The lowest BCUT2D eigenvalue weighted by Crippen LogP contribution is -2.52. The summed E-state index contributed by atoms with van der Waals surface area (Å²) in [4.78, 5) is 4.62. The maximum absolute atomic E-state index is 5.77. The zero-order chi connectivity index (χ0) is 10.0. The van der Waals surface area contributed by atoms with Gasteiger partial charge >= 0.3 is 0 Å². The van der Waals surface area contributed by atoms with Crippen LogP contribution in [0.15, 0.2) is 5.38 Å². The smallest absolute Gasteiger partial charge is 0.105 e.